The van der Waals surface area contributed by atoms with Crippen LogP contribution in [-0.4, -0.2) is 52.7 Å². The van der Waals surface area contributed by atoms with Gasteiger partial charge < -0.3 is 14.9 Å². The SMILES string of the molecule is O=C1N([C@H]2CC[C@@H](O)CC2)CC[C@@]12CCCN(c1ncc(C(F)(F)F)cc1Cl)C2. The summed E-state index contributed by atoms with van der Waals surface area (Å²) >= 11 is 6.14. The Balaban J connectivity index is 1.50. The minimum atomic E-state index is -4.49. The second-order valence-electron chi connectivity index (χ2n) is 8.54. The zero-order valence-corrected chi connectivity index (χ0v) is 16.8. The van der Waals surface area contributed by atoms with E-state index in [1.807, 2.05) is 9.80 Å². The molecule has 1 atom stereocenters. The number of halogens is 4. The van der Waals surface area contributed by atoms with Crippen LogP contribution < -0.4 is 4.90 Å². The fourth-order valence-electron chi connectivity index (χ4n) is 5.08. The molecule has 1 amide bonds. The molecule has 0 bridgehead atoms. The highest BCUT2D eigenvalue weighted by Gasteiger charge is 2.51. The number of piperidine rings is 1. The first-order valence-corrected chi connectivity index (χ1v) is 10.5. The fourth-order valence-corrected chi connectivity index (χ4v) is 5.36. The second-order valence-corrected chi connectivity index (χ2v) is 8.95. The lowest BCUT2D eigenvalue weighted by atomic mass is 9.78. The number of hydrogen-bond acceptors (Lipinski definition) is 4. The zero-order valence-electron chi connectivity index (χ0n) is 16.1. The van der Waals surface area contributed by atoms with E-state index in [1.165, 1.54) is 0 Å². The van der Waals surface area contributed by atoms with Crippen LogP contribution in [0.25, 0.3) is 0 Å². The summed E-state index contributed by atoms with van der Waals surface area (Å²) in [5, 5.41) is 9.69. The number of anilines is 1. The van der Waals surface area contributed by atoms with Gasteiger partial charge in [-0.05, 0) is 51.0 Å². The molecule has 3 aliphatic rings. The summed E-state index contributed by atoms with van der Waals surface area (Å²) in [4.78, 5) is 21.2. The highest BCUT2D eigenvalue weighted by atomic mass is 35.5. The molecule has 160 valence electrons. The maximum atomic E-state index is 13.3. The Hall–Kier alpha value is -1.54. The van der Waals surface area contributed by atoms with E-state index in [0.29, 0.717) is 25.5 Å². The molecule has 1 aromatic rings. The monoisotopic (exact) mass is 431 g/mol. The van der Waals surface area contributed by atoms with Gasteiger partial charge in [-0.25, -0.2) is 4.98 Å². The molecule has 0 radical (unpaired) electrons. The first kappa shape index (κ1) is 20.7. The van der Waals surface area contributed by atoms with Crippen molar-refractivity contribution in [3.05, 3.63) is 22.8 Å². The number of likely N-dealkylation sites (tertiary alicyclic amines) is 1. The number of carbonyl (C=O) groups excluding carboxylic acids is 1. The normalized spacial score (nSPS) is 31.0. The van der Waals surface area contributed by atoms with Crippen LogP contribution in [0, 0.1) is 5.41 Å². The Kier molecular flexibility index (Phi) is 5.44. The Labute approximate surface area is 172 Å². The van der Waals surface area contributed by atoms with Crippen LogP contribution in [0.15, 0.2) is 12.3 Å². The number of hydrogen-bond donors (Lipinski definition) is 1. The molecule has 1 saturated carbocycles. The Bertz CT molecular complexity index is 783. The van der Waals surface area contributed by atoms with Crippen molar-refractivity contribution in [2.24, 2.45) is 5.41 Å². The standard InChI is InChI=1S/C20H25ClF3N3O2/c21-16-10-13(20(22,23)24)11-25-17(16)26-8-1-6-19(12-26)7-9-27(18(19)29)14-2-4-15(28)5-3-14/h10-11,14-15,28H,1-9,12H2/t14-,15+,19-/m1/s1. The van der Waals surface area contributed by atoms with Crippen LogP contribution in [0.2, 0.25) is 5.02 Å². The molecule has 3 fully saturated rings. The van der Waals surface area contributed by atoms with E-state index < -0.39 is 17.2 Å². The van der Waals surface area contributed by atoms with Gasteiger partial charge in [-0.15, -0.1) is 0 Å². The van der Waals surface area contributed by atoms with Crippen LogP contribution in [0.1, 0.15) is 50.5 Å². The van der Waals surface area contributed by atoms with Gasteiger partial charge in [0.2, 0.25) is 5.91 Å². The molecule has 9 heteroatoms. The van der Waals surface area contributed by atoms with Gasteiger partial charge in [-0.3, -0.25) is 4.79 Å². The molecular weight excluding hydrogens is 407 g/mol. The fraction of sp³-hybridized carbons (Fsp3) is 0.700. The largest absolute Gasteiger partial charge is 0.417 e. The van der Waals surface area contributed by atoms with Crippen molar-refractivity contribution in [2.45, 2.75) is 63.3 Å². The summed E-state index contributed by atoms with van der Waals surface area (Å²) in [6.45, 7) is 1.74. The molecule has 1 spiro atoms. The van der Waals surface area contributed by atoms with E-state index in [-0.39, 0.29) is 23.1 Å². The predicted molar refractivity (Wildman–Crippen MR) is 103 cm³/mol. The molecule has 2 saturated heterocycles. The van der Waals surface area contributed by atoms with Crippen LogP contribution in [0.3, 0.4) is 0 Å². The number of alkyl halides is 3. The van der Waals surface area contributed by atoms with Crippen LogP contribution in [0.5, 0.6) is 0 Å². The lowest BCUT2D eigenvalue weighted by Gasteiger charge is -2.41. The van der Waals surface area contributed by atoms with Gasteiger partial charge in [0.1, 0.15) is 5.82 Å². The van der Waals surface area contributed by atoms with E-state index in [4.69, 9.17) is 11.6 Å². The molecule has 0 aromatic carbocycles. The minimum absolute atomic E-state index is 0.0413. The Morgan fingerprint density at radius 3 is 2.55 bits per heavy atom. The molecule has 5 nitrogen and oxygen atoms in total. The van der Waals surface area contributed by atoms with Crippen LogP contribution in [0.4, 0.5) is 19.0 Å². The van der Waals surface area contributed by atoms with E-state index in [9.17, 15) is 23.1 Å². The number of rotatable bonds is 2. The van der Waals surface area contributed by atoms with Crippen molar-refractivity contribution in [1.82, 2.24) is 9.88 Å². The topological polar surface area (TPSA) is 56.7 Å². The van der Waals surface area contributed by atoms with E-state index in [2.05, 4.69) is 4.98 Å². The number of nitrogens with zero attached hydrogens (tertiary/aromatic N) is 3. The lowest BCUT2D eigenvalue weighted by molar-refractivity contribution is -0.139. The molecule has 1 N–H and O–H groups in total. The smallest absolute Gasteiger partial charge is 0.393 e. The van der Waals surface area contributed by atoms with Crippen molar-refractivity contribution in [1.29, 1.82) is 0 Å². The molecular formula is C20H25ClF3N3O2. The van der Waals surface area contributed by atoms with Gasteiger partial charge in [0.15, 0.2) is 0 Å². The van der Waals surface area contributed by atoms with Gasteiger partial charge >= 0.3 is 6.18 Å². The third-order valence-electron chi connectivity index (χ3n) is 6.68. The molecule has 0 unspecified atom stereocenters. The van der Waals surface area contributed by atoms with E-state index in [0.717, 1.165) is 57.2 Å². The van der Waals surface area contributed by atoms with Gasteiger partial charge in [0.05, 0.1) is 22.1 Å². The summed E-state index contributed by atoms with van der Waals surface area (Å²) < 4.78 is 38.7. The minimum Gasteiger partial charge on any atom is -0.393 e. The van der Waals surface area contributed by atoms with Gasteiger partial charge in [0.25, 0.3) is 0 Å². The number of aliphatic hydroxyl groups is 1. The molecule has 2 aliphatic heterocycles. The first-order chi connectivity index (χ1) is 13.7. The highest BCUT2D eigenvalue weighted by molar-refractivity contribution is 6.33. The number of aromatic nitrogens is 1. The lowest BCUT2D eigenvalue weighted by Crippen LogP contribution is -2.50. The number of pyridine rings is 1. The van der Waals surface area contributed by atoms with Gasteiger partial charge in [0, 0.05) is 31.9 Å². The second kappa shape index (κ2) is 7.61. The quantitative estimate of drug-likeness (QED) is 0.772. The van der Waals surface area contributed by atoms with Gasteiger partial charge in [-0.2, -0.15) is 13.2 Å². The predicted octanol–water partition coefficient (Wildman–Crippen LogP) is 3.88. The third kappa shape index (κ3) is 3.93. The van der Waals surface area contributed by atoms with Crippen molar-refractivity contribution in [2.75, 3.05) is 24.5 Å². The van der Waals surface area contributed by atoms with Gasteiger partial charge in [-0.1, -0.05) is 11.6 Å². The van der Waals surface area contributed by atoms with Crippen molar-refractivity contribution in [3.8, 4) is 0 Å². The van der Waals surface area contributed by atoms with Crippen LogP contribution >= 0.6 is 11.6 Å². The zero-order chi connectivity index (χ0) is 20.8. The summed E-state index contributed by atoms with van der Waals surface area (Å²) in [5.41, 5.74) is -1.40. The van der Waals surface area contributed by atoms with Crippen molar-refractivity contribution >= 4 is 23.3 Å². The van der Waals surface area contributed by atoms with E-state index in [1.54, 1.807) is 0 Å². The number of amides is 1. The molecule has 3 heterocycles. The maximum absolute atomic E-state index is 13.3. The van der Waals surface area contributed by atoms with Crippen molar-refractivity contribution < 1.29 is 23.1 Å². The molecule has 4 rings (SSSR count). The summed E-state index contributed by atoms with van der Waals surface area (Å²) in [7, 11) is 0. The third-order valence-corrected chi connectivity index (χ3v) is 6.96. The maximum Gasteiger partial charge on any atom is 0.417 e. The summed E-state index contributed by atoms with van der Waals surface area (Å²) in [6.07, 6.45) is 1.39. The average molecular weight is 432 g/mol. The molecule has 29 heavy (non-hydrogen) atoms. The number of aliphatic hydroxyl groups excluding tert-OH is 1. The number of carbonyl (C=O) groups is 1. The van der Waals surface area contributed by atoms with Crippen LogP contribution in [-0.2, 0) is 11.0 Å². The summed E-state index contributed by atoms with van der Waals surface area (Å²) in [6, 6.07) is 1.08. The Morgan fingerprint density at radius 1 is 1.17 bits per heavy atom. The highest BCUT2D eigenvalue weighted by Crippen LogP contribution is 2.44. The summed E-state index contributed by atoms with van der Waals surface area (Å²) in [5.74, 6) is 0.442. The molecule has 1 aromatic heterocycles. The van der Waals surface area contributed by atoms with E-state index >= 15 is 0 Å². The first-order valence-electron chi connectivity index (χ1n) is 10.2. The average Bonchev–Trinajstić information content (AvgIpc) is 2.97. The Morgan fingerprint density at radius 2 is 1.90 bits per heavy atom. The van der Waals surface area contributed by atoms with Crippen molar-refractivity contribution in [3.63, 3.8) is 0 Å². The molecule has 1 aliphatic carbocycles.